The maximum Gasteiger partial charge on any atom is 0.264 e. The number of carbonyl (C=O) groups is 1. The number of pyridine rings is 1. The summed E-state index contributed by atoms with van der Waals surface area (Å²) in [6.07, 6.45) is 1.22. The highest BCUT2D eigenvalue weighted by atomic mass is 16.1. The summed E-state index contributed by atoms with van der Waals surface area (Å²) in [6, 6.07) is 19.7. The molecule has 5 rings (SSSR count). The minimum atomic E-state index is -0.144. The van der Waals surface area contributed by atoms with Gasteiger partial charge in [-0.2, -0.15) is 0 Å². The number of likely N-dealkylation sites (N-methyl/N-ethyl adjacent to an activating group) is 1. The molecule has 132 valence electrons. The molecule has 5 nitrogen and oxygen atoms in total. The largest absolute Gasteiger partial charge is 0.356 e. The lowest BCUT2D eigenvalue weighted by Crippen LogP contribution is -2.13. The zero-order valence-electron chi connectivity index (χ0n) is 14.8. The first kappa shape index (κ1) is 16.7. The lowest BCUT2D eigenvalue weighted by atomic mass is 10.0. The van der Waals surface area contributed by atoms with Crippen molar-refractivity contribution in [3.63, 3.8) is 0 Å². The highest BCUT2D eigenvalue weighted by Gasteiger charge is 2.14. The third-order valence-electron chi connectivity index (χ3n) is 4.57. The number of hydrogen-bond donors (Lipinski definition) is 1. The topological polar surface area (TPSA) is 63.5 Å². The molecule has 0 atom stereocenters. The Kier molecular flexibility index (Phi) is 4.05. The Bertz CT molecular complexity index is 1360. The Morgan fingerprint density at radius 2 is 1.74 bits per heavy atom. The van der Waals surface area contributed by atoms with Gasteiger partial charge in [-0.15, -0.1) is 0 Å². The van der Waals surface area contributed by atoms with E-state index in [1.54, 1.807) is 11.4 Å². The van der Waals surface area contributed by atoms with Crippen molar-refractivity contribution < 1.29 is 4.79 Å². The van der Waals surface area contributed by atoms with E-state index in [0.29, 0.717) is 0 Å². The minimum absolute atomic E-state index is 0.00278. The van der Waals surface area contributed by atoms with Crippen molar-refractivity contribution in [3.05, 3.63) is 83.7 Å². The van der Waals surface area contributed by atoms with E-state index in [1.807, 2.05) is 60.7 Å². The molecule has 0 saturated heterocycles. The van der Waals surface area contributed by atoms with E-state index in [1.165, 1.54) is 6.08 Å². The molecule has 5 heteroatoms. The van der Waals surface area contributed by atoms with Gasteiger partial charge in [0.05, 0.1) is 11.0 Å². The molecule has 27 heavy (non-hydrogen) atoms. The van der Waals surface area contributed by atoms with Crippen LogP contribution in [0.1, 0.15) is 0 Å². The second-order valence-corrected chi connectivity index (χ2v) is 6.09. The van der Waals surface area contributed by atoms with E-state index in [0.717, 1.165) is 38.2 Å². The Hall–Kier alpha value is -3.73. The van der Waals surface area contributed by atoms with E-state index >= 15 is 0 Å². The van der Waals surface area contributed by atoms with Gasteiger partial charge in [-0.05, 0) is 29.7 Å². The first-order valence-electron chi connectivity index (χ1n) is 8.54. The number of nitrogens with zero attached hydrogens (tertiary/aromatic N) is 2. The molecule has 1 amide bonds. The van der Waals surface area contributed by atoms with E-state index in [2.05, 4.69) is 16.9 Å². The maximum absolute atomic E-state index is 12.9. The number of hydrogen-bond acceptors (Lipinski definition) is 3. The number of amides is 1. The number of nitrogens with one attached hydrogen (secondary N) is 1. The van der Waals surface area contributed by atoms with Crippen LogP contribution in [0.5, 0.6) is 0 Å². The molecule has 0 aliphatic rings. The Morgan fingerprint density at radius 3 is 2.41 bits per heavy atom. The highest BCUT2D eigenvalue weighted by molar-refractivity contribution is 6.15. The number of aromatic nitrogens is 2. The average Bonchev–Trinajstić information content (AvgIpc) is 3.11. The van der Waals surface area contributed by atoms with Crippen LogP contribution in [0.4, 0.5) is 0 Å². The summed E-state index contributed by atoms with van der Waals surface area (Å²) in [5.74, 6) is -0.144. The normalized spacial score (nSPS) is 10.9. The van der Waals surface area contributed by atoms with Crippen LogP contribution in [-0.2, 0) is 4.79 Å². The third-order valence-corrected chi connectivity index (χ3v) is 4.57. The van der Waals surface area contributed by atoms with E-state index in [9.17, 15) is 9.59 Å². The van der Waals surface area contributed by atoms with Crippen molar-refractivity contribution in [3.8, 4) is 0 Å². The zero-order chi connectivity index (χ0) is 19.0. The van der Waals surface area contributed by atoms with Gasteiger partial charge >= 0.3 is 0 Å². The van der Waals surface area contributed by atoms with Gasteiger partial charge in [0.15, 0.2) is 0 Å². The summed E-state index contributed by atoms with van der Waals surface area (Å²) in [6.45, 7) is 3.22. The Morgan fingerprint density at radius 1 is 1.04 bits per heavy atom. The second kappa shape index (κ2) is 6.53. The van der Waals surface area contributed by atoms with Crippen LogP contribution < -0.4 is 10.9 Å². The summed E-state index contributed by atoms with van der Waals surface area (Å²) in [5.41, 5.74) is 2.46. The molecule has 0 aliphatic carbocycles. The third kappa shape index (κ3) is 2.60. The van der Waals surface area contributed by atoms with Crippen LogP contribution in [0.2, 0.25) is 0 Å². The van der Waals surface area contributed by atoms with Gasteiger partial charge < -0.3 is 5.32 Å². The molecular formula is C22H17N3O2. The molecule has 0 bridgehead atoms. The number of imidazole rings is 1. The van der Waals surface area contributed by atoms with Crippen molar-refractivity contribution in [2.75, 3.05) is 7.05 Å². The Balaban J connectivity index is 0.000000264. The van der Waals surface area contributed by atoms with Gasteiger partial charge in [-0.3, -0.25) is 14.0 Å². The predicted octanol–water partition coefficient (Wildman–Crippen LogP) is 3.51. The fourth-order valence-electron chi connectivity index (χ4n) is 3.34. The number of benzene rings is 3. The monoisotopic (exact) mass is 355 g/mol. The van der Waals surface area contributed by atoms with Gasteiger partial charge in [0.2, 0.25) is 5.91 Å². The summed E-state index contributed by atoms with van der Waals surface area (Å²) >= 11 is 0. The fraction of sp³-hybridized carbons (Fsp3) is 0.0455. The molecule has 0 fully saturated rings. The highest BCUT2D eigenvalue weighted by Crippen LogP contribution is 2.29. The SMILES string of the molecule is C=CC(=O)NC.O=c1c2cccc3cccc(c32)c2nc3ccccc3n12. The number of para-hydroxylation sites is 2. The summed E-state index contributed by atoms with van der Waals surface area (Å²) in [4.78, 5) is 27.5. The lowest BCUT2D eigenvalue weighted by Gasteiger charge is -2.06. The lowest BCUT2D eigenvalue weighted by molar-refractivity contribution is -0.116. The van der Waals surface area contributed by atoms with Gasteiger partial charge in [0, 0.05) is 23.2 Å². The first-order chi connectivity index (χ1) is 13.2. The van der Waals surface area contributed by atoms with Gasteiger partial charge in [-0.1, -0.05) is 49.0 Å². The van der Waals surface area contributed by atoms with Crippen LogP contribution >= 0.6 is 0 Å². The molecule has 0 saturated carbocycles. The first-order valence-corrected chi connectivity index (χ1v) is 8.54. The summed E-state index contributed by atoms with van der Waals surface area (Å²) < 4.78 is 1.73. The molecule has 2 heterocycles. The number of fused-ring (bicyclic) bond motifs is 4. The summed E-state index contributed by atoms with van der Waals surface area (Å²) in [5, 5.41) is 6.22. The van der Waals surface area contributed by atoms with Gasteiger partial charge in [-0.25, -0.2) is 4.98 Å². The molecule has 0 radical (unpaired) electrons. The van der Waals surface area contributed by atoms with Gasteiger partial charge in [0.1, 0.15) is 5.65 Å². The van der Waals surface area contributed by atoms with Crippen LogP contribution in [0, 0.1) is 0 Å². The standard InChI is InChI=1S/C18H10N2O.C4H7NO/c21-18-13-8-4-6-11-5-3-7-12(16(11)13)17-19-14-9-1-2-10-15(14)20(17)18;1-3-4(6)5-2/h1-10H;3H,1H2,2H3,(H,5,6). The van der Waals surface area contributed by atoms with Crippen molar-refractivity contribution in [2.45, 2.75) is 0 Å². The molecule has 3 aromatic carbocycles. The van der Waals surface area contributed by atoms with E-state index in [4.69, 9.17) is 0 Å². The maximum atomic E-state index is 12.9. The number of rotatable bonds is 1. The van der Waals surface area contributed by atoms with Gasteiger partial charge in [0.25, 0.3) is 5.56 Å². The van der Waals surface area contributed by atoms with Crippen molar-refractivity contribution in [2.24, 2.45) is 0 Å². The smallest absolute Gasteiger partial charge is 0.264 e. The molecular weight excluding hydrogens is 338 g/mol. The zero-order valence-corrected chi connectivity index (χ0v) is 14.8. The minimum Gasteiger partial charge on any atom is -0.356 e. The number of carbonyl (C=O) groups excluding carboxylic acids is 1. The Labute approximate surface area is 154 Å². The van der Waals surface area contributed by atoms with Crippen LogP contribution in [0.15, 0.2) is 78.1 Å². The molecule has 5 aromatic rings. The average molecular weight is 355 g/mol. The predicted molar refractivity (Wildman–Crippen MR) is 109 cm³/mol. The second-order valence-electron chi connectivity index (χ2n) is 6.09. The van der Waals surface area contributed by atoms with Crippen LogP contribution in [-0.4, -0.2) is 22.3 Å². The fourth-order valence-corrected chi connectivity index (χ4v) is 3.34. The van der Waals surface area contributed by atoms with Crippen LogP contribution in [0.25, 0.3) is 38.2 Å². The van der Waals surface area contributed by atoms with Crippen molar-refractivity contribution in [1.29, 1.82) is 0 Å². The summed E-state index contributed by atoms with van der Waals surface area (Å²) in [7, 11) is 1.56. The molecule has 2 aromatic heterocycles. The van der Waals surface area contributed by atoms with Crippen LogP contribution in [0.3, 0.4) is 0 Å². The quantitative estimate of drug-likeness (QED) is 0.468. The van der Waals surface area contributed by atoms with Crippen molar-refractivity contribution in [1.82, 2.24) is 14.7 Å². The molecule has 0 spiro atoms. The molecule has 0 unspecified atom stereocenters. The molecule has 1 N–H and O–H groups in total. The van der Waals surface area contributed by atoms with E-state index in [-0.39, 0.29) is 11.5 Å². The molecule has 0 aliphatic heterocycles. The van der Waals surface area contributed by atoms with E-state index < -0.39 is 0 Å². The van der Waals surface area contributed by atoms with Crippen molar-refractivity contribution >= 4 is 44.1 Å².